The van der Waals surface area contributed by atoms with Crippen molar-refractivity contribution in [1.82, 2.24) is 20.0 Å². The van der Waals surface area contributed by atoms with Crippen molar-refractivity contribution in [2.45, 2.75) is 68.5 Å². The predicted molar refractivity (Wildman–Crippen MR) is 129 cm³/mol. The van der Waals surface area contributed by atoms with Crippen molar-refractivity contribution < 1.29 is 14.4 Å². The number of anilines is 1. The Morgan fingerprint density at radius 1 is 1.15 bits per heavy atom. The lowest BCUT2D eigenvalue weighted by Gasteiger charge is -2.41. The monoisotopic (exact) mass is 469 g/mol. The number of likely N-dealkylation sites (N-methyl/N-ethyl adjacent to an activating group) is 1. The molecule has 1 atom stereocenters. The highest BCUT2D eigenvalue weighted by Gasteiger charge is 2.46. The molecule has 1 aromatic carbocycles. The van der Waals surface area contributed by atoms with Crippen molar-refractivity contribution >= 4 is 35.2 Å². The second kappa shape index (κ2) is 9.59. The molecular formula is C24H31N5O3S. The number of fused-ring (bicyclic) bond motifs is 1. The SMILES string of the molecule is CSc1cccc(NC(=O)c2cc3n(n2)C[C@@](C)(C(=O)NC2CCCCCC2)N(C)C3=O)c1. The molecule has 0 radical (unpaired) electrons. The molecule has 33 heavy (non-hydrogen) atoms. The van der Waals surface area contributed by atoms with Crippen LogP contribution in [0.2, 0.25) is 0 Å². The molecule has 2 N–H and O–H groups in total. The molecule has 2 aromatic rings. The summed E-state index contributed by atoms with van der Waals surface area (Å²) >= 11 is 1.59. The summed E-state index contributed by atoms with van der Waals surface area (Å²) in [5.41, 5.74) is 0.0342. The van der Waals surface area contributed by atoms with Crippen LogP contribution >= 0.6 is 11.8 Å². The third-order valence-electron chi connectivity index (χ3n) is 6.74. The molecule has 0 saturated heterocycles. The van der Waals surface area contributed by atoms with Crippen LogP contribution in [0.15, 0.2) is 35.2 Å². The van der Waals surface area contributed by atoms with Crippen molar-refractivity contribution in [2.75, 3.05) is 18.6 Å². The maximum atomic E-state index is 13.3. The maximum absolute atomic E-state index is 13.3. The Kier molecular flexibility index (Phi) is 6.78. The molecule has 1 aromatic heterocycles. The zero-order valence-corrected chi connectivity index (χ0v) is 20.2. The average molecular weight is 470 g/mol. The van der Waals surface area contributed by atoms with E-state index in [9.17, 15) is 14.4 Å². The maximum Gasteiger partial charge on any atom is 0.276 e. The van der Waals surface area contributed by atoms with Crippen LogP contribution in [0.5, 0.6) is 0 Å². The van der Waals surface area contributed by atoms with E-state index in [0.29, 0.717) is 11.4 Å². The third kappa shape index (κ3) is 4.78. The number of nitrogens with one attached hydrogen (secondary N) is 2. The van der Waals surface area contributed by atoms with E-state index in [1.54, 1.807) is 31.8 Å². The summed E-state index contributed by atoms with van der Waals surface area (Å²) < 4.78 is 1.49. The van der Waals surface area contributed by atoms with Crippen molar-refractivity contribution in [3.8, 4) is 0 Å². The lowest BCUT2D eigenvalue weighted by atomic mass is 9.95. The Morgan fingerprint density at radius 2 is 1.88 bits per heavy atom. The minimum Gasteiger partial charge on any atom is -0.351 e. The van der Waals surface area contributed by atoms with Crippen LogP contribution in [-0.4, -0.2) is 57.3 Å². The van der Waals surface area contributed by atoms with Crippen molar-refractivity contribution in [2.24, 2.45) is 0 Å². The van der Waals surface area contributed by atoms with Crippen molar-refractivity contribution in [1.29, 1.82) is 0 Å². The minimum absolute atomic E-state index is 0.137. The number of amides is 3. The van der Waals surface area contributed by atoms with Gasteiger partial charge in [-0.25, -0.2) is 0 Å². The lowest BCUT2D eigenvalue weighted by molar-refractivity contribution is -0.133. The zero-order chi connectivity index (χ0) is 23.6. The van der Waals surface area contributed by atoms with Gasteiger partial charge in [0.15, 0.2) is 5.69 Å². The van der Waals surface area contributed by atoms with Gasteiger partial charge in [-0.05, 0) is 44.2 Å². The molecule has 3 amide bonds. The second-order valence-corrected chi connectivity index (χ2v) is 9.94. The molecule has 0 bridgehead atoms. The van der Waals surface area contributed by atoms with Gasteiger partial charge in [-0.1, -0.05) is 31.7 Å². The van der Waals surface area contributed by atoms with E-state index in [2.05, 4.69) is 15.7 Å². The van der Waals surface area contributed by atoms with E-state index in [4.69, 9.17) is 0 Å². The van der Waals surface area contributed by atoms with Crippen molar-refractivity contribution in [3.63, 3.8) is 0 Å². The van der Waals surface area contributed by atoms with Gasteiger partial charge in [0, 0.05) is 29.7 Å². The predicted octanol–water partition coefficient (Wildman–Crippen LogP) is 3.54. The van der Waals surface area contributed by atoms with E-state index >= 15 is 0 Å². The van der Waals surface area contributed by atoms with Crippen molar-refractivity contribution in [3.05, 3.63) is 41.7 Å². The van der Waals surface area contributed by atoms with E-state index in [1.165, 1.54) is 28.5 Å². The molecular weight excluding hydrogens is 438 g/mol. The van der Waals surface area contributed by atoms with Gasteiger partial charge in [0.1, 0.15) is 11.2 Å². The second-order valence-electron chi connectivity index (χ2n) is 9.06. The van der Waals surface area contributed by atoms with Gasteiger partial charge in [0.2, 0.25) is 5.91 Å². The molecule has 9 heteroatoms. The highest BCUT2D eigenvalue weighted by atomic mass is 32.2. The Bertz CT molecular complexity index is 1060. The van der Waals surface area contributed by atoms with Crippen LogP contribution in [0.25, 0.3) is 0 Å². The Hall–Kier alpha value is -2.81. The first-order chi connectivity index (χ1) is 15.8. The minimum atomic E-state index is -1.08. The molecule has 0 unspecified atom stereocenters. The fourth-order valence-corrected chi connectivity index (χ4v) is 4.96. The van der Waals surface area contributed by atoms with Gasteiger partial charge >= 0.3 is 0 Å². The van der Waals surface area contributed by atoms with Crippen LogP contribution in [0, 0.1) is 0 Å². The zero-order valence-electron chi connectivity index (χ0n) is 19.4. The molecule has 1 fully saturated rings. The number of thioether (sulfide) groups is 1. The Morgan fingerprint density at radius 3 is 2.58 bits per heavy atom. The molecule has 1 aliphatic heterocycles. The van der Waals surface area contributed by atoms with Gasteiger partial charge < -0.3 is 15.5 Å². The van der Waals surface area contributed by atoms with E-state index in [0.717, 1.165) is 30.6 Å². The fraction of sp³-hybridized carbons (Fsp3) is 0.500. The number of benzene rings is 1. The molecule has 1 aliphatic carbocycles. The molecule has 2 aliphatic rings. The van der Waals surface area contributed by atoms with Crippen LogP contribution in [-0.2, 0) is 11.3 Å². The summed E-state index contributed by atoms with van der Waals surface area (Å²) in [5, 5.41) is 10.4. The van der Waals surface area contributed by atoms with Gasteiger partial charge in [-0.2, -0.15) is 5.10 Å². The molecule has 4 rings (SSSR count). The van der Waals surface area contributed by atoms with Crippen LogP contribution in [0.1, 0.15) is 66.4 Å². The number of hydrogen-bond acceptors (Lipinski definition) is 5. The number of hydrogen-bond donors (Lipinski definition) is 2. The third-order valence-corrected chi connectivity index (χ3v) is 7.47. The first kappa shape index (κ1) is 23.4. The molecule has 8 nitrogen and oxygen atoms in total. The average Bonchev–Trinajstić information content (AvgIpc) is 3.06. The Labute approximate surface area is 198 Å². The number of rotatable bonds is 5. The summed E-state index contributed by atoms with van der Waals surface area (Å²) in [6.45, 7) is 1.95. The van der Waals surface area contributed by atoms with E-state index in [-0.39, 0.29) is 30.1 Å². The largest absolute Gasteiger partial charge is 0.351 e. The molecule has 2 heterocycles. The summed E-state index contributed by atoms with van der Waals surface area (Å²) in [4.78, 5) is 41.7. The number of carbonyl (C=O) groups is 3. The van der Waals surface area contributed by atoms with Crippen LogP contribution in [0.4, 0.5) is 5.69 Å². The standard InChI is InChI=1S/C24H31N5O3S/c1-24(23(32)26-16-9-6-4-5-7-10-16)15-29-20(22(31)28(24)2)14-19(27-29)21(30)25-17-11-8-12-18(13-17)33-3/h8,11-14,16H,4-7,9-10,15H2,1-3H3,(H,25,30)(H,26,32)/t24-/m0/s1. The van der Waals surface area contributed by atoms with Crippen LogP contribution < -0.4 is 10.6 Å². The molecule has 1 saturated carbocycles. The summed E-state index contributed by atoms with van der Waals surface area (Å²) in [7, 11) is 1.64. The first-order valence-corrected chi connectivity index (χ1v) is 12.7. The molecule has 0 spiro atoms. The summed E-state index contributed by atoms with van der Waals surface area (Å²) in [6.07, 6.45) is 8.52. The summed E-state index contributed by atoms with van der Waals surface area (Å²) in [6, 6.07) is 9.16. The van der Waals surface area contributed by atoms with Gasteiger partial charge in [-0.15, -0.1) is 11.8 Å². The topological polar surface area (TPSA) is 96.3 Å². The summed E-state index contributed by atoms with van der Waals surface area (Å²) in [5.74, 6) is -0.891. The highest BCUT2D eigenvalue weighted by molar-refractivity contribution is 7.98. The number of aromatic nitrogens is 2. The molecule has 176 valence electrons. The van der Waals surface area contributed by atoms with E-state index in [1.807, 2.05) is 24.5 Å². The van der Waals surface area contributed by atoms with Crippen LogP contribution in [0.3, 0.4) is 0 Å². The smallest absolute Gasteiger partial charge is 0.276 e. The highest BCUT2D eigenvalue weighted by Crippen LogP contribution is 2.27. The lowest BCUT2D eigenvalue weighted by Crippen LogP contribution is -2.63. The van der Waals surface area contributed by atoms with Gasteiger partial charge in [0.05, 0.1) is 6.54 Å². The quantitative estimate of drug-likeness (QED) is 0.516. The van der Waals surface area contributed by atoms with E-state index < -0.39 is 11.4 Å². The van der Waals surface area contributed by atoms with Gasteiger partial charge in [0.25, 0.3) is 11.8 Å². The van der Waals surface area contributed by atoms with Gasteiger partial charge in [-0.3, -0.25) is 19.1 Å². The normalized spacial score (nSPS) is 21.3. The first-order valence-electron chi connectivity index (χ1n) is 11.4. The number of carbonyl (C=O) groups excluding carboxylic acids is 3. The Balaban J connectivity index is 1.52. The number of nitrogens with zero attached hydrogens (tertiary/aromatic N) is 3. The fourth-order valence-electron chi connectivity index (χ4n) is 4.50.